The number of carbonyl (C=O) groups excluding carboxylic acids is 1. The minimum atomic E-state index is -0.157. The third-order valence-corrected chi connectivity index (χ3v) is 3.18. The van der Waals surface area contributed by atoms with E-state index in [1.165, 1.54) is 0 Å². The number of aromatic nitrogens is 2. The van der Waals surface area contributed by atoms with Gasteiger partial charge in [0, 0.05) is 24.5 Å². The minimum absolute atomic E-state index is 0.157. The molecule has 0 atom stereocenters. The fourth-order valence-electron chi connectivity index (χ4n) is 1.54. The quantitative estimate of drug-likeness (QED) is 0.800. The van der Waals surface area contributed by atoms with Crippen molar-refractivity contribution in [3.8, 4) is 0 Å². The maximum absolute atomic E-state index is 12.2. The summed E-state index contributed by atoms with van der Waals surface area (Å²) in [5, 5.41) is 0.800. The molecular formula is C12H10Cl2N2O. The molecule has 0 bridgehead atoms. The predicted octanol–water partition coefficient (Wildman–Crippen LogP) is 3.44. The van der Waals surface area contributed by atoms with Crippen LogP contribution in [0.15, 0.2) is 30.6 Å². The zero-order valence-electron chi connectivity index (χ0n) is 9.15. The topological polar surface area (TPSA) is 34.9 Å². The van der Waals surface area contributed by atoms with Gasteiger partial charge in [-0.3, -0.25) is 4.79 Å². The summed E-state index contributed by atoms with van der Waals surface area (Å²) in [4.78, 5) is 16.2. The van der Waals surface area contributed by atoms with Crippen LogP contribution in [0.1, 0.15) is 23.1 Å². The molecule has 0 aliphatic rings. The monoisotopic (exact) mass is 268 g/mol. The van der Waals surface area contributed by atoms with Crippen LogP contribution in [0.3, 0.4) is 0 Å². The van der Waals surface area contributed by atoms with Crippen molar-refractivity contribution in [1.82, 2.24) is 9.55 Å². The lowest BCUT2D eigenvalue weighted by Gasteiger charge is -2.04. The number of halogens is 2. The van der Waals surface area contributed by atoms with E-state index in [1.807, 2.05) is 6.92 Å². The SMILES string of the molecule is CCn1ccnc1C(=O)c1ccc(Cl)c(Cl)c1. The van der Waals surface area contributed by atoms with Crippen LogP contribution in [0.4, 0.5) is 0 Å². The van der Waals surface area contributed by atoms with Gasteiger partial charge >= 0.3 is 0 Å². The molecule has 1 aromatic carbocycles. The Morgan fingerprint density at radius 3 is 2.76 bits per heavy atom. The van der Waals surface area contributed by atoms with E-state index < -0.39 is 0 Å². The second kappa shape index (κ2) is 4.90. The van der Waals surface area contributed by atoms with Crippen molar-refractivity contribution in [2.45, 2.75) is 13.5 Å². The largest absolute Gasteiger partial charge is 0.328 e. The molecule has 0 saturated heterocycles. The molecule has 0 fully saturated rings. The van der Waals surface area contributed by atoms with Gasteiger partial charge in [-0.2, -0.15) is 0 Å². The van der Waals surface area contributed by atoms with E-state index in [4.69, 9.17) is 23.2 Å². The van der Waals surface area contributed by atoms with Gasteiger partial charge in [-0.1, -0.05) is 23.2 Å². The molecule has 1 aromatic heterocycles. The summed E-state index contributed by atoms with van der Waals surface area (Å²) in [6.07, 6.45) is 3.37. The maximum atomic E-state index is 12.2. The van der Waals surface area contributed by atoms with Crippen molar-refractivity contribution in [1.29, 1.82) is 0 Å². The van der Waals surface area contributed by atoms with Crippen molar-refractivity contribution in [2.75, 3.05) is 0 Å². The lowest BCUT2D eigenvalue weighted by molar-refractivity contribution is 0.102. The Hall–Kier alpha value is -1.32. The van der Waals surface area contributed by atoms with E-state index in [2.05, 4.69) is 4.98 Å². The molecule has 5 heteroatoms. The summed E-state index contributed by atoms with van der Waals surface area (Å²) in [6.45, 7) is 2.65. The van der Waals surface area contributed by atoms with E-state index in [0.717, 1.165) is 0 Å². The molecule has 0 spiro atoms. The molecule has 2 aromatic rings. The van der Waals surface area contributed by atoms with Gasteiger partial charge in [-0.05, 0) is 25.1 Å². The summed E-state index contributed by atoms with van der Waals surface area (Å²) in [5.41, 5.74) is 0.486. The molecule has 3 nitrogen and oxygen atoms in total. The second-order valence-electron chi connectivity index (χ2n) is 3.49. The molecule has 0 radical (unpaired) electrons. The van der Waals surface area contributed by atoms with Crippen molar-refractivity contribution in [3.05, 3.63) is 52.0 Å². The van der Waals surface area contributed by atoms with Gasteiger partial charge in [0.15, 0.2) is 5.82 Å². The normalized spacial score (nSPS) is 10.5. The van der Waals surface area contributed by atoms with E-state index in [9.17, 15) is 4.79 Å². The van der Waals surface area contributed by atoms with Gasteiger partial charge in [0.2, 0.25) is 5.78 Å². The zero-order valence-corrected chi connectivity index (χ0v) is 10.7. The van der Waals surface area contributed by atoms with E-state index >= 15 is 0 Å². The minimum Gasteiger partial charge on any atom is -0.328 e. The van der Waals surface area contributed by atoms with Gasteiger partial charge < -0.3 is 4.57 Å². The summed E-state index contributed by atoms with van der Waals surface area (Å²) in [7, 11) is 0. The highest BCUT2D eigenvalue weighted by Gasteiger charge is 2.15. The van der Waals surface area contributed by atoms with E-state index in [0.29, 0.717) is 28.0 Å². The van der Waals surface area contributed by atoms with Gasteiger partial charge in [0.05, 0.1) is 10.0 Å². The second-order valence-corrected chi connectivity index (χ2v) is 4.31. The number of ketones is 1. The van der Waals surface area contributed by atoms with Crippen LogP contribution in [-0.2, 0) is 6.54 Å². The fourth-order valence-corrected chi connectivity index (χ4v) is 1.84. The molecule has 0 aliphatic carbocycles. The number of benzene rings is 1. The Balaban J connectivity index is 2.40. The molecular weight excluding hydrogens is 259 g/mol. The number of hydrogen-bond donors (Lipinski definition) is 0. The highest BCUT2D eigenvalue weighted by Crippen LogP contribution is 2.23. The van der Waals surface area contributed by atoms with Crippen LogP contribution in [0.25, 0.3) is 0 Å². The van der Waals surface area contributed by atoms with E-state index in [-0.39, 0.29) is 5.78 Å². The number of nitrogens with zero attached hydrogens (tertiary/aromatic N) is 2. The number of imidazole rings is 1. The standard InChI is InChI=1S/C12H10Cl2N2O/c1-2-16-6-5-15-12(16)11(17)8-3-4-9(13)10(14)7-8/h3-7H,2H2,1H3. The van der Waals surface area contributed by atoms with Crippen LogP contribution in [0, 0.1) is 0 Å². The first-order valence-corrected chi connectivity index (χ1v) is 5.90. The maximum Gasteiger partial charge on any atom is 0.228 e. The van der Waals surface area contributed by atoms with Gasteiger partial charge in [-0.15, -0.1) is 0 Å². The van der Waals surface area contributed by atoms with Crippen molar-refractivity contribution in [2.24, 2.45) is 0 Å². The first-order valence-electron chi connectivity index (χ1n) is 5.14. The summed E-state index contributed by atoms with van der Waals surface area (Å²) < 4.78 is 1.78. The lowest BCUT2D eigenvalue weighted by atomic mass is 10.1. The van der Waals surface area contributed by atoms with Crippen LogP contribution < -0.4 is 0 Å². The summed E-state index contributed by atoms with van der Waals surface area (Å²) in [6, 6.07) is 4.81. The van der Waals surface area contributed by atoms with Crippen LogP contribution >= 0.6 is 23.2 Å². The molecule has 0 saturated carbocycles. The number of hydrogen-bond acceptors (Lipinski definition) is 2. The molecule has 0 amide bonds. The van der Waals surface area contributed by atoms with Crippen LogP contribution in [-0.4, -0.2) is 15.3 Å². The summed E-state index contributed by atoms with van der Waals surface area (Å²) >= 11 is 11.7. The zero-order chi connectivity index (χ0) is 12.4. The Bertz CT molecular complexity index is 563. The first-order chi connectivity index (χ1) is 8.13. The highest BCUT2D eigenvalue weighted by atomic mass is 35.5. The lowest BCUT2D eigenvalue weighted by Crippen LogP contribution is -2.10. The summed E-state index contributed by atoms with van der Waals surface area (Å²) in [5.74, 6) is 0.251. The van der Waals surface area contributed by atoms with Gasteiger partial charge in [0.1, 0.15) is 0 Å². The molecule has 0 unspecified atom stereocenters. The number of rotatable bonds is 3. The van der Waals surface area contributed by atoms with E-state index in [1.54, 1.807) is 35.2 Å². The highest BCUT2D eigenvalue weighted by molar-refractivity contribution is 6.42. The van der Waals surface area contributed by atoms with Crippen molar-refractivity contribution in [3.63, 3.8) is 0 Å². The predicted molar refractivity (Wildman–Crippen MR) is 67.8 cm³/mol. The Morgan fingerprint density at radius 1 is 1.35 bits per heavy atom. The smallest absolute Gasteiger partial charge is 0.228 e. The fraction of sp³-hybridized carbons (Fsp3) is 0.167. The molecule has 0 aliphatic heterocycles. The average molecular weight is 269 g/mol. The Labute approximate surface area is 109 Å². The number of carbonyl (C=O) groups is 1. The third kappa shape index (κ3) is 2.35. The molecule has 17 heavy (non-hydrogen) atoms. The van der Waals surface area contributed by atoms with Crippen molar-refractivity contribution >= 4 is 29.0 Å². The molecule has 1 heterocycles. The first kappa shape index (κ1) is 12.1. The Kier molecular flexibility index (Phi) is 3.50. The molecule has 0 N–H and O–H groups in total. The van der Waals surface area contributed by atoms with Gasteiger partial charge in [-0.25, -0.2) is 4.98 Å². The molecule has 88 valence electrons. The van der Waals surface area contributed by atoms with Crippen LogP contribution in [0.2, 0.25) is 10.0 Å². The molecule has 2 rings (SSSR count). The Morgan fingerprint density at radius 2 is 2.12 bits per heavy atom. The van der Waals surface area contributed by atoms with Gasteiger partial charge in [0.25, 0.3) is 0 Å². The van der Waals surface area contributed by atoms with Crippen molar-refractivity contribution < 1.29 is 4.79 Å². The number of aryl methyl sites for hydroxylation is 1. The third-order valence-electron chi connectivity index (χ3n) is 2.44. The van der Waals surface area contributed by atoms with Crippen LogP contribution in [0.5, 0.6) is 0 Å². The average Bonchev–Trinajstić information content (AvgIpc) is 2.80.